The molecule has 1 aromatic rings. The third-order valence-corrected chi connectivity index (χ3v) is 6.39. The Hall–Kier alpha value is -0.890. The molecular weight excluding hydrogens is 214 g/mol. The lowest BCUT2D eigenvalue weighted by molar-refractivity contribution is 1.11. The molecule has 0 unspecified atom stereocenters. The molecule has 0 saturated carbocycles. The van der Waals surface area contributed by atoms with Gasteiger partial charge < -0.3 is 4.90 Å². The molecule has 0 atom stereocenters. The minimum Gasteiger partial charge on any atom is -0.378 e. The summed E-state index contributed by atoms with van der Waals surface area (Å²) in [4.78, 5) is 4.88. The second-order valence-corrected chi connectivity index (χ2v) is 8.66. The van der Waals surface area contributed by atoms with Gasteiger partial charge in [-0.3, -0.25) is 0 Å². The molecule has 0 spiro atoms. The van der Waals surface area contributed by atoms with Crippen LogP contribution in [0.3, 0.4) is 0 Å². The number of nitrogens with zero attached hydrogens (tertiary/aromatic N) is 1. The number of allylic oxidation sites excluding steroid dienone is 1. The fourth-order valence-electron chi connectivity index (χ4n) is 1.60. The Morgan fingerprint density at radius 1 is 1.25 bits per heavy atom. The van der Waals surface area contributed by atoms with E-state index in [0.717, 1.165) is 0 Å². The molecule has 0 aromatic heterocycles. The molecule has 0 fully saturated rings. The number of rotatable bonds is 3. The van der Waals surface area contributed by atoms with Crippen molar-refractivity contribution < 1.29 is 0 Å². The Morgan fingerprint density at radius 2 is 1.81 bits per heavy atom. The second-order valence-electron chi connectivity index (χ2n) is 4.87. The average Bonchev–Trinajstić information content (AvgIpc) is 2.17. The van der Waals surface area contributed by atoms with Crippen LogP contribution < -0.4 is 4.90 Å². The molecular formula is C14H23NS. The van der Waals surface area contributed by atoms with Gasteiger partial charge in [0, 0.05) is 19.8 Å². The Bertz CT molecular complexity index is 405. The molecule has 0 saturated heterocycles. The van der Waals surface area contributed by atoms with Crippen LogP contribution in [-0.4, -0.2) is 26.6 Å². The lowest BCUT2D eigenvalue weighted by atomic mass is 10.2. The van der Waals surface area contributed by atoms with Gasteiger partial charge in [0.15, 0.2) is 0 Å². The van der Waals surface area contributed by atoms with Crippen molar-refractivity contribution in [3.63, 3.8) is 0 Å². The van der Waals surface area contributed by atoms with Gasteiger partial charge in [0.2, 0.25) is 0 Å². The van der Waals surface area contributed by atoms with Gasteiger partial charge in [-0.2, -0.15) is 10.0 Å². The van der Waals surface area contributed by atoms with Gasteiger partial charge in [0.1, 0.15) is 0 Å². The Balaban J connectivity index is 3.32. The van der Waals surface area contributed by atoms with Crippen molar-refractivity contribution >= 4 is 15.7 Å². The summed E-state index contributed by atoms with van der Waals surface area (Å²) in [6.07, 6.45) is 4.63. The highest BCUT2D eigenvalue weighted by molar-refractivity contribution is 8.35. The van der Waals surface area contributed by atoms with E-state index in [1.165, 1.54) is 21.1 Å². The topological polar surface area (TPSA) is 3.24 Å². The van der Waals surface area contributed by atoms with E-state index in [0.29, 0.717) is 0 Å². The molecule has 0 N–H and O–H groups in total. The molecule has 0 bridgehead atoms. The van der Waals surface area contributed by atoms with Crippen molar-refractivity contribution in [2.24, 2.45) is 0 Å². The van der Waals surface area contributed by atoms with E-state index in [1.54, 1.807) is 0 Å². The number of anilines is 1. The van der Waals surface area contributed by atoms with E-state index >= 15 is 0 Å². The Morgan fingerprint density at radius 3 is 2.25 bits per heavy atom. The predicted molar refractivity (Wildman–Crippen MR) is 78.0 cm³/mol. The fraction of sp³-hybridized carbons (Fsp3) is 0.429. The van der Waals surface area contributed by atoms with Crippen molar-refractivity contribution in [2.45, 2.75) is 18.7 Å². The summed E-state index contributed by atoms with van der Waals surface area (Å²) in [5.41, 5.74) is 2.64. The van der Waals surface area contributed by atoms with Crippen molar-refractivity contribution in [3.05, 3.63) is 35.2 Å². The van der Waals surface area contributed by atoms with Crippen LogP contribution in [0.15, 0.2) is 34.6 Å². The molecule has 0 amide bonds. The van der Waals surface area contributed by atoms with Crippen molar-refractivity contribution in [3.8, 4) is 0 Å². The zero-order chi connectivity index (χ0) is 12.5. The Labute approximate surface area is 101 Å². The van der Waals surface area contributed by atoms with Crippen LogP contribution >= 0.6 is 10.0 Å². The maximum atomic E-state index is 4.14. The van der Waals surface area contributed by atoms with Gasteiger partial charge in [-0.25, -0.2) is 0 Å². The summed E-state index contributed by atoms with van der Waals surface area (Å²) in [6.45, 7) is 8.47. The van der Waals surface area contributed by atoms with Crippen LogP contribution in [0.4, 0.5) is 5.69 Å². The van der Waals surface area contributed by atoms with Gasteiger partial charge in [-0.05, 0) is 53.9 Å². The maximum absolute atomic E-state index is 4.14. The van der Waals surface area contributed by atoms with E-state index < -0.39 is 10.0 Å². The predicted octanol–water partition coefficient (Wildman–Crippen LogP) is 4.02. The molecule has 0 heterocycles. The molecule has 0 aliphatic heterocycles. The number of aryl methyl sites for hydroxylation is 1. The molecule has 0 aliphatic rings. The van der Waals surface area contributed by atoms with Crippen LogP contribution in [-0.2, 0) is 0 Å². The van der Waals surface area contributed by atoms with Gasteiger partial charge in [-0.15, -0.1) is 0 Å². The molecule has 90 valence electrons. The first kappa shape index (κ1) is 13.2. The lowest BCUT2D eigenvalue weighted by Gasteiger charge is -2.34. The van der Waals surface area contributed by atoms with E-state index in [2.05, 4.69) is 70.1 Å². The normalized spacial score (nSPS) is 12.4. The second kappa shape index (κ2) is 4.54. The lowest BCUT2D eigenvalue weighted by Crippen LogP contribution is -2.10. The van der Waals surface area contributed by atoms with Crippen LogP contribution in [0.1, 0.15) is 12.5 Å². The highest BCUT2D eigenvalue weighted by Gasteiger charge is 2.18. The van der Waals surface area contributed by atoms with Gasteiger partial charge in [0.05, 0.1) is 0 Å². The standard InChI is InChI=1S/C14H23NS/c1-11(2)16(6,7)14-10-13(15(4)5)9-8-12(14)3/h8-10H,1H2,2-7H3. The first-order chi connectivity index (χ1) is 7.26. The van der Waals surface area contributed by atoms with Crippen molar-refractivity contribution in [1.29, 1.82) is 0 Å². The summed E-state index contributed by atoms with van der Waals surface area (Å²) in [6, 6.07) is 6.69. The molecule has 1 aromatic carbocycles. The van der Waals surface area contributed by atoms with Gasteiger partial charge in [-0.1, -0.05) is 12.6 Å². The molecule has 0 aliphatic carbocycles. The van der Waals surface area contributed by atoms with Crippen molar-refractivity contribution in [1.82, 2.24) is 0 Å². The number of benzene rings is 1. The van der Waals surface area contributed by atoms with E-state index in [-0.39, 0.29) is 0 Å². The summed E-state index contributed by atoms with van der Waals surface area (Å²) < 4.78 is 0. The SMILES string of the molecule is C=C(C)S(C)(C)c1cc(N(C)C)ccc1C. The zero-order valence-electron chi connectivity index (χ0n) is 11.3. The van der Waals surface area contributed by atoms with Crippen LogP contribution in [0.25, 0.3) is 0 Å². The minimum atomic E-state index is -0.885. The first-order valence-corrected chi connectivity index (χ1v) is 7.88. The van der Waals surface area contributed by atoms with Crippen LogP contribution in [0.5, 0.6) is 0 Å². The monoisotopic (exact) mass is 237 g/mol. The smallest absolute Gasteiger partial charge is 0.0371 e. The number of hydrogen-bond acceptors (Lipinski definition) is 1. The third kappa shape index (κ3) is 2.43. The average molecular weight is 237 g/mol. The van der Waals surface area contributed by atoms with E-state index in [1.807, 2.05) is 0 Å². The minimum absolute atomic E-state index is 0.885. The van der Waals surface area contributed by atoms with Crippen molar-refractivity contribution in [2.75, 3.05) is 31.5 Å². The third-order valence-electron chi connectivity index (χ3n) is 3.11. The molecule has 1 rings (SSSR count). The highest BCUT2D eigenvalue weighted by Crippen LogP contribution is 2.56. The quantitative estimate of drug-likeness (QED) is 0.767. The van der Waals surface area contributed by atoms with Crippen LogP contribution in [0, 0.1) is 6.92 Å². The summed E-state index contributed by atoms with van der Waals surface area (Å²) >= 11 is 0. The van der Waals surface area contributed by atoms with Gasteiger partial charge >= 0.3 is 0 Å². The zero-order valence-corrected chi connectivity index (χ0v) is 12.1. The molecule has 16 heavy (non-hydrogen) atoms. The number of hydrogen-bond donors (Lipinski definition) is 0. The largest absolute Gasteiger partial charge is 0.378 e. The Kier molecular flexibility index (Phi) is 3.74. The van der Waals surface area contributed by atoms with E-state index in [4.69, 9.17) is 0 Å². The first-order valence-electron chi connectivity index (χ1n) is 5.43. The maximum Gasteiger partial charge on any atom is 0.0371 e. The van der Waals surface area contributed by atoms with E-state index in [9.17, 15) is 0 Å². The summed E-state index contributed by atoms with van der Waals surface area (Å²) in [7, 11) is 3.28. The molecule has 1 nitrogen and oxygen atoms in total. The molecule has 0 radical (unpaired) electrons. The summed E-state index contributed by atoms with van der Waals surface area (Å²) in [5, 5.41) is 0. The van der Waals surface area contributed by atoms with Gasteiger partial charge in [0.25, 0.3) is 0 Å². The summed E-state index contributed by atoms with van der Waals surface area (Å²) in [5.74, 6) is 0. The highest BCUT2D eigenvalue weighted by atomic mass is 32.3. The molecule has 2 heteroatoms. The van der Waals surface area contributed by atoms with Crippen LogP contribution in [0.2, 0.25) is 0 Å². The fourth-order valence-corrected chi connectivity index (χ4v) is 3.27.